The zero-order valence-electron chi connectivity index (χ0n) is 21.6. The van der Waals surface area contributed by atoms with Gasteiger partial charge in [-0.2, -0.15) is 0 Å². The molecule has 5 aromatic rings. The van der Waals surface area contributed by atoms with Gasteiger partial charge in [-0.15, -0.1) is 11.3 Å². The summed E-state index contributed by atoms with van der Waals surface area (Å²) in [5.41, 5.74) is 2.98. The van der Waals surface area contributed by atoms with Gasteiger partial charge in [0.05, 0.1) is 26.9 Å². The predicted molar refractivity (Wildman–Crippen MR) is 153 cm³/mol. The Hall–Kier alpha value is -3.33. The molecule has 1 aromatic carbocycles. The van der Waals surface area contributed by atoms with Crippen molar-refractivity contribution in [2.75, 3.05) is 38.1 Å². The molecule has 0 aliphatic carbocycles. The van der Waals surface area contributed by atoms with Crippen molar-refractivity contribution in [3.8, 4) is 0 Å². The second-order valence-corrected chi connectivity index (χ2v) is 11.4. The number of nitrogens with one attached hydrogen (secondary N) is 1. The highest BCUT2D eigenvalue weighted by molar-refractivity contribution is 7.24. The Labute approximate surface area is 220 Å². The molecule has 0 unspecified atom stereocenters. The molecule has 4 aromatic heterocycles. The molecule has 1 N–H and O–H groups in total. The molecule has 0 amide bonds. The Morgan fingerprint density at radius 2 is 1.84 bits per heavy atom. The SMILES string of the molecule is CN1CCCN(c2ccc3c(=O)c(C(C)(C)NCc4ccccn4)c4sc5ccccc5n4c3n2)CC1. The van der Waals surface area contributed by atoms with Crippen LogP contribution in [0, 0.1) is 0 Å². The van der Waals surface area contributed by atoms with E-state index < -0.39 is 5.54 Å². The number of hydrogen-bond donors (Lipinski definition) is 1. The van der Waals surface area contributed by atoms with E-state index in [1.165, 1.54) is 0 Å². The third-order valence-electron chi connectivity index (χ3n) is 7.38. The highest BCUT2D eigenvalue weighted by atomic mass is 32.1. The maximum atomic E-state index is 14.1. The number of likely N-dealkylation sites (N-methyl/N-ethyl adjacent to an activating group) is 1. The minimum Gasteiger partial charge on any atom is -0.355 e. The van der Waals surface area contributed by atoms with E-state index in [0.717, 1.165) is 70.4 Å². The largest absolute Gasteiger partial charge is 0.355 e. The van der Waals surface area contributed by atoms with E-state index in [1.54, 1.807) is 17.5 Å². The lowest BCUT2D eigenvalue weighted by atomic mass is 9.94. The number of thiazole rings is 1. The summed E-state index contributed by atoms with van der Waals surface area (Å²) in [6.07, 6.45) is 2.90. The molecule has 0 spiro atoms. The summed E-state index contributed by atoms with van der Waals surface area (Å²) in [5, 5.41) is 4.26. The number of benzene rings is 1. The zero-order chi connectivity index (χ0) is 25.6. The number of aromatic nitrogens is 3. The fraction of sp³-hybridized carbons (Fsp3) is 0.345. The molecule has 190 valence electrons. The van der Waals surface area contributed by atoms with E-state index in [0.29, 0.717) is 11.9 Å². The fourth-order valence-corrected chi connectivity index (χ4v) is 6.63. The highest BCUT2D eigenvalue weighted by Gasteiger charge is 2.30. The van der Waals surface area contributed by atoms with Gasteiger partial charge in [-0.3, -0.25) is 14.2 Å². The van der Waals surface area contributed by atoms with Crippen LogP contribution >= 0.6 is 11.3 Å². The van der Waals surface area contributed by atoms with E-state index >= 15 is 0 Å². The van der Waals surface area contributed by atoms with Crippen LogP contribution in [0.3, 0.4) is 0 Å². The standard InChI is InChI=1S/C29H32N6OS/c1-29(2,31-19-20-9-6-7-14-30-20)25-26(36)21-12-13-24(34-16-8-15-33(3)17-18-34)32-27(21)35-22-10-4-5-11-23(22)37-28(25)35/h4-7,9-14,31H,8,15-19H2,1-3H3. The van der Waals surface area contributed by atoms with Gasteiger partial charge in [-0.25, -0.2) is 4.98 Å². The average Bonchev–Trinajstić information content (AvgIpc) is 3.14. The number of anilines is 1. The summed E-state index contributed by atoms with van der Waals surface area (Å²) >= 11 is 1.66. The summed E-state index contributed by atoms with van der Waals surface area (Å²) in [6, 6.07) is 18.2. The van der Waals surface area contributed by atoms with Gasteiger partial charge >= 0.3 is 0 Å². The first-order chi connectivity index (χ1) is 17.9. The van der Waals surface area contributed by atoms with Crippen LogP contribution in [-0.2, 0) is 12.1 Å². The van der Waals surface area contributed by atoms with Crippen molar-refractivity contribution in [3.05, 3.63) is 82.3 Å². The fourth-order valence-electron chi connectivity index (χ4n) is 5.28. The third-order valence-corrected chi connectivity index (χ3v) is 8.52. The van der Waals surface area contributed by atoms with Gasteiger partial charge in [-0.05, 0) is 70.3 Å². The molecule has 1 aliphatic heterocycles. The van der Waals surface area contributed by atoms with Crippen LogP contribution in [0.1, 0.15) is 31.5 Å². The molecule has 0 radical (unpaired) electrons. The molecule has 1 fully saturated rings. The van der Waals surface area contributed by atoms with Gasteiger partial charge in [0.15, 0.2) is 11.1 Å². The third kappa shape index (κ3) is 4.39. The summed E-state index contributed by atoms with van der Waals surface area (Å²) < 4.78 is 3.34. The van der Waals surface area contributed by atoms with Crippen LogP contribution in [0.25, 0.3) is 26.1 Å². The molecule has 7 nitrogen and oxygen atoms in total. The van der Waals surface area contributed by atoms with Crippen LogP contribution in [0.5, 0.6) is 0 Å². The molecule has 37 heavy (non-hydrogen) atoms. The smallest absolute Gasteiger partial charge is 0.197 e. The Morgan fingerprint density at radius 3 is 2.68 bits per heavy atom. The van der Waals surface area contributed by atoms with Crippen LogP contribution in [0.4, 0.5) is 5.82 Å². The monoisotopic (exact) mass is 512 g/mol. The number of nitrogens with zero attached hydrogens (tertiary/aromatic N) is 5. The van der Waals surface area contributed by atoms with Crippen LogP contribution in [0.15, 0.2) is 65.6 Å². The van der Waals surface area contributed by atoms with Gasteiger partial charge < -0.3 is 15.1 Å². The molecular formula is C29H32N6OS. The van der Waals surface area contributed by atoms with Crippen molar-refractivity contribution in [1.29, 1.82) is 0 Å². The number of fused-ring (bicyclic) bond motifs is 5. The van der Waals surface area contributed by atoms with Gasteiger partial charge in [0.25, 0.3) is 0 Å². The lowest BCUT2D eigenvalue weighted by molar-refractivity contribution is 0.360. The van der Waals surface area contributed by atoms with Gasteiger partial charge in [0, 0.05) is 37.9 Å². The lowest BCUT2D eigenvalue weighted by Gasteiger charge is -2.27. The molecule has 0 atom stereocenters. The topological polar surface area (TPSA) is 65.8 Å². The molecule has 1 saturated heterocycles. The molecule has 0 bridgehead atoms. The van der Waals surface area contributed by atoms with Gasteiger partial charge in [0.1, 0.15) is 10.6 Å². The van der Waals surface area contributed by atoms with Crippen LogP contribution in [0.2, 0.25) is 0 Å². The number of hydrogen-bond acceptors (Lipinski definition) is 7. The molecule has 0 saturated carbocycles. The normalized spacial score (nSPS) is 15.6. The first-order valence-corrected chi connectivity index (χ1v) is 13.7. The Balaban J connectivity index is 1.54. The van der Waals surface area contributed by atoms with Crippen molar-refractivity contribution >= 4 is 43.2 Å². The summed E-state index contributed by atoms with van der Waals surface area (Å²) in [6.45, 7) is 8.73. The summed E-state index contributed by atoms with van der Waals surface area (Å²) in [5.74, 6) is 0.937. The van der Waals surface area contributed by atoms with E-state index in [9.17, 15) is 4.79 Å². The van der Waals surface area contributed by atoms with Crippen LogP contribution < -0.4 is 15.6 Å². The predicted octanol–water partition coefficient (Wildman–Crippen LogP) is 4.62. The van der Waals surface area contributed by atoms with E-state index in [2.05, 4.69) is 69.7 Å². The Morgan fingerprint density at radius 1 is 1.00 bits per heavy atom. The minimum absolute atomic E-state index is 0.0368. The van der Waals surface area contributed by atoms with Gasteiger partial charge in [-0.1, -0.05) is 18.2 Å². The summed E-state index contributed by atoms with van der Waals surface area (Å²) in [7, 11) is 2.17. The Bertz CT molecular complexity index is 1640. The van der Waals surface area contributed by atoms with E-state index in [1.807, 2.05) is 30.3 Å². The lowest BCUT2D eigenvalue weighted by Crippen LogP contribution is -2.40. The Kier molecular flexibility index (Phi) is 6.18. The molecule has 1 aliphatic rings. The second-order valence-electron chi connectivity index (χ2n) is 10.4. The summed E-state index contributed by atoms with van der Waals surface area (Å²) in [4.78, 5) is 29.4. The minimum atomic E-state index is -0.580. The van der Waals surface area contributed by atoms with Crippen molar-refractivity contribution in [3.63, 3.8) is 0 Å². The maximum absolute atomic E-state index is 14.1. The number of para-hydroxylation sites is 1. The average molecular weight is 513 g/mol. The maximum Gasteiger partial charge on any atom is 0.197 e. The van der Waals surface area contributed by atoms with Crippen molar-refractivity contribution < 1.29 is 0 Å². The van der Waals surface area contributed by atoms with Crippen molar-refractivity contribution in [2.24, 2.45) is 0 Å². The zero-order valence-corrected chi connectivity index (χ0v) is 22.4. The molecular weight excluding hydrogens is 480 g/mol. The van der Waals surface area contributed by atoms with Crippen molar-refractivity contribution in [2.45, 2.75) is 32.4 Å². The molecule has 5 heterocycles. The highest BCUT2D eigenvalue weighted by Crippen LogP contribution is 2.35. The first-order valence-electron chi connectivity index (χ1n) is 12.9. The number of pyridine rings is 3. The quantitative estimate of drug-likeness (QED) is 0.371. The van der Waals surface area contributed by atoms with Gasteiger partial charge in [0.2, 0.25) is 0 Å². The number of rotatable bonds is 5. The van der Waals surface area contributed by atoms with E-state index in [-0.39, 0.29) is 5.43 Å². The van der Waals surface area contributed by atoms with E-state index in [4.69, 9.17) is 4.98 Å². The first kappa shape index (κ1) is 24.0. The molecule has 6 rings (SSSR count). The van der Waals surface area contributed by atoms with Crippen molar-refractivity contribution in [1.82, 2.24) is 24.6 Å². The second kappa shape index (κ2) is 9.52. The molecule has 8 heteroatoms. The van der Waals surface area contributed by atoms with Crippen LogP contribution in [-0.4, -0.2) is 52.5 Å².